The second-order valence-electron chi connectivity index (χ2n) is 7.89. The van der Waals surface area contributed by atoms with Crippen LogP contribution < -0.4 is 10.6 Å². The maximum atomic E-state index is 5.76. The summed E-state index contributed by atoms with van der Waals surface area (Å²) in [4.78, 5) is 15.9. The van der Waals surface area contributed by atoms with Gasteiger partial charge >= 0.3 is 0 Å². The molecule has 0 saturated carbocycles. The highest BCUT2D eigenvalue weighted by Crippen LogP contribution is 2.27. The Kier molecular flexibility index (Phi) is 5.33. The summed E-state index contributed by atoms with van der Waals surface area (Å²) in [5.74, 6) is 2.26. The first kappa shape index (κ1) is 19.0. The van der Waals surface area contributed by atoms with E-state index < -0.39 is 0 Å². The molecule has 0 radical (unpaired) electrons. The number of rotatable bonds is 6. The van der Waals surface area contributed by atoms with Crippen molar-refractivity contribution in [2.75, 3.05) is 37.4 Å². The predicted octanol–water partition coefficient (Wildman–Crippen LogP) is 3.45. The lowest BCUT2D eigenvalue weighted by Gasteiger charge is -2.27. The molecule has 8 nitrogen and oxygen atoms in total. The lowest BCUT2D eigenvalue weighted by Crippen LogP contribution is -2.30. The Labute approximate surface area is 175 Å². The SMILES string of the molecule is CN1CCc2nc(Nc3ccc(-c4cnco4)cc3)nc(NC[C@H]3CCCO3)c2C1. The molecule has 0 amide bonds. The van der Waals surface area contributed by atoms with Gasteiger partial charge in [-0.1, -0.05) is 0 Å². The van der Waals surface area contributed by atoms with Crippen LogP contribution in [0.4, 0.5) is 17.5 Å². The maximum absolute atomic E-state index is 5.76. The lowest BCUT2D eigenvalue weighted by atomic mass is 10.1. The number of likely N-dealkylation sites (N-methyl/N-ethyl adjacent to an activating group) is 1. The number of ether oxygens (including phenoxy) is 1. The van der Waals surface area contributed by atoms with Crippen LogP contribution in [0.5, 0.6) is 0 Å². The van der Waals surface area contributed by atoms with E-state index in [4.69, 9.17) is 19.1 Å². The molecular formula is C22H26N6O2. The van der Waals surface area contributed by atoms with Crippen molar-refractivity contribution in [3.05, 3.63) is 48.1 Å². The Bertz CT molecular complexity index is 984. The van der Waals surface area contributed by atoms with E-state index in [0.29, 0.717) is 5.95 Å². The van der Waals surface area contributed by atoms with Gasteiger partial charge in [-0.15, -0.1) is 0 Å². The fourth-order valence-corrected chi connectivity index (χ4v) is 3.97. The quantitative estimate of drug-likeness (QED) is 0.644. The molecule has 0 aliphatic carbocycles. The summed E-state index contributed by atoms with van der Waals surface area (Å²) in [5, 5.41) is 6.88. The summed E-state index contributed by atoms with van der Waals surface area (Å²) in [6.07, 6.45) is 6.55. The fraction of sp³-hybridized carbons (Fsp3) is 0.409. The van der Waals surface area contributed by atoms with Crippen molar-refractivity contribution in [2.24, 2.45) is 0 Å². The van der Waals surface area contributed by atoms with Gasteiger partial charge in [-0.05, 0) is 44.2 Å². The normalized spacial score (nSPS) is 18.9. The summed E-state index contributed by atoms with van der Waals surface area (Å²) in [5.41, 5.74) is 4.20. The minimum Gasteiger partial charge on any atom is -0.444 e. The van der Waals surface area contributed by atoms with Crippen molar-refractivity contribution >= 4 is 17.5 Å². The number of fused-ring (bicyclic) bond motifs is 1. The summed E-state index contributed by atoms with van der Waals surface area (Å²) < 4.78 is 11.1. The fourth-order valence-electron chi connectivity index (χ4n) is 3.97. The zero-order valence-electron chi connectivity index (χ0n) is 17.1. The molecule has 8 heteroatoms. The van der Waals surface area contributed by atoms with Crippen LogP contribution >= 0.6 is 0 Å². The second-order valence-corrected chi connectivity index (χ2v) is 7.89. The highest BCUT2D eigenvalue weighted by atomic mass is 16.5. The molecule has 2 aliphatic rings. The number of hydrogen-bond donors (Lipinski definition) is 2. The molecule has 0 spiro atoms. The van der Waals surface area contributed by atoms with Crippen molar-refractivity contribution < 1.29 is 9.15 Å². The molecule has 0 unspecified atom stereocenters. The minimum atomic E-state index is 0.261. The first-order valence-electron chi connectivity index (χ1n) is 10.4. The monoisotopic (exact) mass is 406 g/mol. The summed E-state index contributed by atoms with van der Waals surface area (Å²) in [6.45, 7) is 3.49. The van der Waals surface area contributed by atoms with Gasteiger partial charge in [-0.25, -0.2) is 9.97 Å². The minimum absolute atomic E-state index is 0.261. The average Bonchev–Trinajstić information content (AvgIpc) is 3.47. The average molecular weight is 406 g/mol. The first-order valence-corrected chi connectivity index (χ1v) is 10.4. The van der Waals surface area contributed by atoms with Gasteiger partial charge < -0.3 is 24.7 Å². The van der Waals surface area contributed by atoms with Crippen molar-refractivity contribution in [3.8, 4) is 11.3 Å². The Hall–Kier alpha value is -2.97. The third kappa shape index (κ3) is 4.15. The molecule has 2 aliphatic heterocycles. The van der Waals surface area contributed by atoms with Crippen LogP contribution in [-0.4, -0.2) is 52.7 Å². The summed E-state index contributed by atoms with van der Waals surface area (Å²) in [7, 11) is 2.13. The molecule has 30 heavy (non-hydrogen) atoms. The molecule has 1 saturated heterocycles. The van der Waals surface area contributed by atoms with E-state index in [2.05, 4.69) is 27.6 Å². The Balaban J connectivity index is 1.37. The van der Waals surface area contributed by atoms with Gasteiger partial charge in [0.25, 0.3) is 0 Å². The van der Waals surface area contributed by atoms with Crippen molar-refractivity contribution in [1.82, 2.24) is 19.9 Å². The van der Waals surface area contributed by atoms with Gasteiger partial charge in [0.2, 0.25) is 5.95 Å². The van der Waals surface area contributed by atoms with Gasteiger partial charge in [0, 0.05) is 49.5 Å². The van der Waals surface area contributed by atoms with Gasteiger partial charge in [0.15, 0.2) is 12.2 Å². The third-order valence-electron chi connectivity index (χ3n) is 5.63. The predicted molar refractivity (Wildman–Crippen MR) is 115 cm³/mol. The van der Waals surface area contributed by atoms with E-state index in [-0.39, 0.29) is 6.10 Å². The van der Waals surface area contributed by atoms with E-state index in [9.17, 15) is 0 Å². The van der Waals surface area contributed by atoms with E-state index in [1.165, 1.54) is 12.0 Å². The number of hydrogen-bond acceptors (Lipinski definition) is 8. The molecule has 0 bridgehead atoms. The van der Waals surface area contributed by atoms with E-state index in [0.717, 1.165) is 74.0 Å². The van der Waals surface area contributed by atoms with Crippen LogP contribution in [0.3, 0.4) is 0 Å². The molecule has 2 N–H and O–H groups in total. The number of nitrogens with one attached hydrogen (secondary N) is 2. The van der Waals surface area contributed by atoms with Crippen LogP contribution in [0.15, 0.2) is 41.3 Å². The van der Waals surface area contributed by atoms with Gasteiger partial charge in [-0.3, -0.25) is 0 Å². The lowest BCUT2D eigenvalue weighted by molar-refractivity contribution is 0.120. The molecule has 4 heterocycles. The van der Waals surface area contributed by atoms with Gasteiger partial charge in [0.05, 0.1) is 18.0 Å². The van der Waals surface area contributed by atoms with Crippen molar-refractivity contribution in [1.29, 1.82) is 0 Å². The number of anilines is 3. The van der Waals surface area contributed by atoms with E-state index >= 15 is 0 Å². The zero-order chi connectivity index (χ0) is 20.3. The van der Waals surface area contributed by atoms with Crippen molar-refractivity contribution in [3.63, 3.8) is 0 Å². The van der Waals surface area contributed by atoms with Crippen LogP contribution in [-0.2, 0) is 17.7 Å². The van der Waals surface area contributed by atoms with Crippen LogP contribution in [0.25, 0.3) is 11.3 Å². The maximum Gasteiger partial charge on any atom is 0.229 e. The molecule has 1 atom stereocenters. The zero-order valence-corrected chi connectivity index (χ0v) is 17.1. The van der Waals surface area contributed by atoms with Crippen LogP contribution in [0.2, 0.25) is 0 Å². The molecule has 156 valence electrons. The number of benzene rings is 1. The second kappa shape index (κ2) is 8.41. The molecule has 3 aromatic rings. The largest absolute Gasteiger partial charge is 0.444 e. The molecule has 2 aromatic heterocycles. The van der Waals surface area contributed by atoms with Gasteiger partial charge in [-0.2, -0.15) is 4.98 Å². The highest BCUT2D eigenvalue weighted by molar-refractivity contribution is 5.64. The number of aromatic nitrogens is 3. The molecule has 1 aromatic carbocycles. The number of oxazole rings is 1. The summed E-state index contributed by atoms with van der Waals surface area (Å²) in [6, 6.07) is 7.97. The number of nitrogens with zero attached hydrogens (tertiary/aromatic N) is 4. The van der Waals surface area contributed by atoms with Gasteiger partial charge in [0.1, 0.15) is 5.82 Å². The molecule has 1 fully saturated rings. The Morgan fingerprint density at radius 2 is 2.10 bits per heavy atom. The standard InChI is InChI=1S/C22H26N6O2/c1-28-9-8-19-18(13-28)21(24-11-17-3-2-10-29-17)27-22(26-19)25-16-6-4-15(5-7-16)20-12-23-14-30-20/h4-7,12,14,17H,2-3,8-11,13H2,1H3,(H2,24,25,26,27)/t17-/m1/s1. The summed E-state index contributed by atoms with van der Waals surface area (Å²) >= 11 is 0. The van der Waals surface area contributed by atoms with Crippen molar-refractivity contribution in [2.45, 2.75) is 31.9 Å². The van der Waals surface area contributed by atoms with E-state index in [1.807, 2.05) is 24.3 Å². The third-order valence-corrected chi connectivity index (χ3v) is 5.63. The van der Waals surface area contributed by atoms with E-state index in [1.54, 1.807) is 6.20 Å². The van der Waals surface area contributed by atoms with Crippen LogP contribution in [0.1, 0.15) is 24.1 Å². The molecular weight excluding hydrogens is 380 g/mol. The smallest absolute Gasteiger partial charge is 0.229 e. The highest BCUT2D eigenvalue weighted by Gasteiger charge is 2.22. The van der Waals surface area contributed by atoms with Crippen LogP contribution in [0, 0.1) is 0 Å². The molecule has 5 rings (SSSR count). The first-order chi connectivity index (χ1) is 14.7. The Morgan fingerprint density at radius 3 is 2.87 bits per heavy atom. The Morgan fingerprint density at radius 1 is 1.20 bits per heavy atom. The topological polar surface area (TPSA) is 88.3 Å².